The van der Waals surface area contributed by atoms with Gasteiger partial charge in [0.25, 0.3) is 0 Å². The molecular formula is C15H25N5O. The number of oxime groups is 1. The van der Waals surface area contributed by atoms with Crippen LogP contribution in [0.25, 0.3) is 0 Å². The molecule has 1 aliphatic heterocycles. The fraction of sp³-hybridized carbons (Fsp3) is 0.600. The smallest absolute Gasteiger partial charge is 0.189 e. The van der Waals surface area contributed by atoms with E-state index >= 15 is 0 Å². The Kier molecular flexibility index (Phi) is 5.52. The molecule has 1 fully saturated rings. The number of hydrogen-bond acceptors (Lipinski definition) is 5. The van der Waals surface area contributed by atoms with E-state index in [0.29, 0.717) is 11.7 Å². The summed E-state index contributed by atoms with van der Waals surface area (Å²) in [6.45, 7) is 6.28. The highest BCUT2D eigenvalue weighted by atomic mass is 16.4. The lowest BCUT2D eigenvalue weighted by atomic mass is 10.1. The van der Waals surface area contributed by atoms with Crippen molar-refractivity contribution in [1.82, 2.24) is 14.8 Å². The van der Waals surface area contributed by atoms with E-state index in [4.69, 9.17) is 10.9 Å². The number of amidine groups is 1. The summed E-state index contributed by atoms with van der Waals surface area (Å²) < 4.78 is 0. The van der Waals surface area contributed by atoms with Crippen LogP contribution in [0.5, 0.6) is 0 Å². The van der Waals surface area contributed by atoms with Gasteiger partial charge in [-0.3, -0.25) is 9.88 Å². The second-order valence-electron chi connectivity index (χ2n) is 5.64. The first-order valence-electron chi connectivity index (χ1n) is 7.50. The highest BCUT2D eigenvalue weighted by molar-refractivity contribution is 5.96. The molecule has 1 aliphatic rings. The molecule has 6 nitrogen and oxygen atoms in total. The number of rotatable bonds is 4. The molecule has 2 heterocycles. The van der Waals surface area contributed by atoms with E-state index < -0.39 is 0 Å². The molecule has 2 rings (SSSR count). The molecule has 6 heteroatoms. The molecule has 0 saturated carbocycles. The van der Waals surface area contributed by atoms with Crippen molar-refractivity contribution in [3.05, 3.63) is 29.6 Å². The van der Waals surface area contributed by atoms with Crippen molar-refractivity contribution in [3.63, 3.8) is 0 Å². The van der Waals surface area contributed by atoms with Crippen molar-refractivity contribution in [1.29, 1.82) is 0 Å². The monoisotopic (exact) mass is 291 g/mol. The minimum absolute atomic E-state index is 0.0746. The van der Waals surface area contributed by atoms with Gasteiger partial charge in [-0.25, -0.2) is 0 Å². The Morgan fingerprint density at radius 2 is 2.33 bits per heavy atom. The maximum atomic E-state index is 8.90. The van der Waals surface area contributed by atoms with Crippen LogP contribution in [0.1, 0.15) is 31.0 Å². The van der Waals surface area contributed by atoms with E-state index in [-0.39, 0.29) is 5.84 Å². The molecule has 0 bridgehead atoms. The minimum Gasteiger partial charge on any atom is -0.409 e. The zero-order valence-electron chi connectivity index (χ0n) is 12.9. The van der Waals surface area contributed by atoms with Crippen molar-refractivity contribution in [3.8, 4) is 0 Å². The molecular weight excluding hydrogens is 266 g/mol. The number of pyridine rings is 1. The minimum atomic E-state index is 0.0746. The molecule has 1 saturated heterocycles. The third-order valence-corrected chi connectivity index (χ3v) is 4.11. The normalized spacial score (nSPS) is 22.2. The van der Waals surface area contributed by atoms with Crippen LogP contribution in [-0.2, 0) is 6.54 Å². The molecule has 1 aromatic heterocycles. The third-order valence-electron chi connectivity index (χ3n) is 4.11. The Hall–Kier alpha value is -1.66. The van der Waals surface area contributed by atoms with E-state index in [9.17, 15) is 0 Å². The van der Waals surface area contributed by atoms with Crippen LogP contribution in [-0.4, -0.2) is 58.6 Å². The first-order valence-corrected chi connectivity index (χ1v) is 7.50. The lowest BCUT2D eigenvalue weighted by Gasteiger charge is -2.30. The first-order chi connectivity index (χ1) is 10.2. The van der Waals surface area contributed by atoms with Crippen molar-refractivity contribution in [2.45, 2.75) is 32.4 Å². The summed E-state index contributed by atoms with van der Waals surface area (Å²) in [5.41, 5.74) is 7.32. The Morgan fingerprint density at radius 1 is 1.52 bits per heavy atom. The Morgan fingerprint density at radius 3 is 3.05 bits per heavy atom. The molecule has 1 aromatic rings. The summed E-state index contributed by atoms with van der Waals surface area (Å²) in [4.78, 5) is 9.12. The Labute approximate surface area is 126 Å². The Balaban J connectivity index is 2.20. The van der Waals surface area contributed by atoms with Gasteiger partial charge in [-0.2, -0.15) is 0 Å². The molecule has 0 amide bonds. The molecule has 116 valence electrons. The number of nitrogens with two attached hydrogens (primary N) is 1. The van der Waals surface area contributed by atoms with Crippen LogP contribution >= 0.6 is 0 Å². The molecule has 3 N–H and O–H groups in total. The molecule has 1 atom stereocenters. The molecule has 0 radical (unpaired) electrons. The zero-order valence-corrected chi connectivity index (χ0v) is 12.9. The van der Waals surface area contributed by atoms with E-state index in [1.165, 1.54) is 0 Å². The van der Waals surface area contributed by atoms with Crippen molar-refractivity contribution in [2.24, 2.45) is 10.9 Å². The molecule has 1 unspecified atom stereocenters. The number of hydrogen-bond donors (Lipinski definition) is 2. The molecule has 0 spiro atoms. The van der Waals surface area contributed by atoms with Gasteiger partial charge in [-0.1, -0.05) is 18.1 Å². The van der Waals surface area contributed by atoms with Crippen LogP contribution in [0.3, 0.4) is 0 Å². The Bertz CT molecular complexity index is 491. The number of nitrogens with zero attached hydrogens (tertiary/aromatic N) is 4. The first kappa shape index (κ1) is 15.7. The summed E-state index contributed by atoms with van der Waals surface area (Å²) in [5.74, 6) is 0.0746. The van der Waals surface area contributed by atoms with Crippen LogP contribution in [0.4, 0.5) is 0 Å². The van der Waals surface area contributed by atoms with E-state index in [2.05, 4.69) is 33.9 Å². The van der Waals surface area contributed by atoms with Gasteiger partial charge >= 0.3 is 0 Å². The summed E-state index contributed by atoms with van der Waals surface area (Å²) >= 11 is 0. The van der Waals surface area contributed by atoms with Gasteiger partial charge < -0.3 is 15.8 Å². The van der Waals surface area contributed by atoms with Gasteiger partial charge in [0.05, 0.1) is 0 Å². The average Bonchev–Trinajstić information content (AvgIpc) is 2.68. The van der Waals surface area contributed by atoms with Gasteiger partial charge in [-0.15, -0.1) is 0 Å². The number of aromatic nitrogens is 1. The lowest BCUT2D eigenvalue weighted by molar-refractivity contribution is 0.175. The second kappa shape index (κ2) is 7.38. The number of likely N-dealkylation sites (N-methyl/N-ethyl adjacent to an activating group) is 1. The van der Waals surface area contributed by atoms with Gasteiger partial charge in [0.15, 0.2) is 5.84 Å². The quantitative estimate of drug-likeness (QED) is 0.376. The summed E-state index contributed by atoms with van der Waals surface area (Å²) in [5, 5.41) is 12.0. The third kappa shape index (κ3) is 3.92. The topological polar surface area (TPSA) is 78.0 Å². The fourth-order valence-corrected chi connectivity index (χ4v) is 2.95. The highest BCUT2D eigenvalue weighted by Crippen LogP contribution is 2.17. The van der Waals surface area contributed by atoms with Crippen molar-refractivity contribution < 1.29 is 5.21 Å². The summed E-state index contributed by atoms with van der Waals surface area (Å²) in [6.07, 6.45) is 3.94. The highest BCUT2D eigenvalue weighted by Gasteiger charge is 2.23. The van der Waals surface area contributed by atoms with Gasteiger partial charge in [-0.05, 0) is 38.1 Å². The molecule has 21 heavy (non-hydrogen) atoms. The van der Waals surface area contributed by atoms with Crippen molar-refractivity contribution >= 4 is 5.84 Å². The van der Waals surface area contributed by atoms with Crippen LogP contribution in [0.15, 0.2) is 23.5 Å². The standard InChI is InChI=1S/C15H25N5O/c1-3-13-11-19(2)8-5-9-20(13)10-12-6-4-7-17-14(12)15(16)18-21/h4,6-7,13,21H,3,5,8-11H2,1-2H3,(H2,16,18). The summed E-state index contributed by atoms with van der Waals surface area (Å²) in [6, 6.07) is 4.42. The summed E-state index contributed by atoms with van der Waals surface area (Å²) in [7, 11) is 2.18. The predicted molar refractivity (Wildman–Crippen MR) is 83.4 cm³/mol. The van der Waals surface area contributed by atoms with E-state index in [1.54, 1.807) is 6.20 Å². The van der Waals surface area contributed by atoms with Crippen LogP contribution in [0, 0.1) is 0 Å². The van der Waals surface area contributed by atoms with E-state index in [1.807, 2.05) is 12.1 Å². The molecule has 0 aromatic carbocycles. The van der Waals surface area contributed by atoms with Gasteiger partial charge in [0.2, 0.25) is 0 Å². The fourth-order valence-electron chi connectivity index (χ4n) is 2.95. The predicted octanol–water partition coefficient (Wildman–Crippen LogP) is 1.09. The second-order valence-corrected chi connectivity index (χ2v) is 5.64. The van der Waals surface area contributed by atoms with Gasteiger partial charge in [0.1, 0.15) is 5.69 Å². The SMILES string of the molecule is CCC1CN(C)CCCN1Cc1cccnc1/C(N)=N/O. The zero-order chi connectivity index (χ0) is 15.2. The van der Waals surface area contributed by atoms with Crippen LogP contribution < -0.4 is 5.73 Å². The molecule has 0 aliphatic carbocycles. The van der Waals surface area contributed by atoms with Gasteiger partial charge in [0, 0.05) is 31.9 Å². The largest absolute Gasteiger partial charge is 0.409 e. The maximum absolute atomic E-state index is 8.90. The maximum Gasteiger partial charge on any atom is 0.189 e. The van der Waals surface area contributed by atoms with Crippen molar-refractivity contribution in [2.75, 3.05) is 26.7 Å². The van der Waals surface area contributed by atoms with Crippen LogP contribution in [0.2, 0.25) is 0 Å². The lowest BCUT2D eigenvalue weighted by Crippen LogP contribution is -2.39. The van der Waals surface area contributed by atoms with E-state index in [0.717, 1.165) is 44.6 Å². The average molecular weight is 291 g/mol.